The third-order valence-electron chi connectivity index (χ3n) is 10.8. The second kappa shape index (κ2) is 24.3. The minimum absolute atomic E-state index is 0.0689. The maximum atomic E-state index is 13.5. The van der Waals surface area contributed by atoms with Gasteiger partial charge >= 0.3 is 30.7 Å². The summed E-state index contributed by atoms with van der Waals surface area (Å²) in [6, 6.07) is 16.5. The molecule has 0 N–H and O–H groups in total. The van der Waals surface area contributed by atoms with Crippen LogP contribution in [0.1, 0.15) is 138 Å². The summed E-state index contributed by atoms with van der Waals surface area (Å²) in [5.41, 5.74) is 5.49. The molecule has 2 aliphatic rings. The van der Waals surface area contributed by atoms with Gasteiger partial charge in [0.25, 0.3) is 0 Å². The lowest BCUT2D eigenvalue weighted by Gasteiger charge is -2.33. The van der Waals surface area contributed by atoms with E-state index in [-0.39, 0.29) is 48.9 Å². The predicted octanol–water partition coefficient (Wildman–Crippen LogP) is 9.38. The van der Waals surface area contributed by atoms with Crippen molar-refractivity contribution in [3.8, 4) is 0 Å². The van der Waals surface area contributed by atoms with Gasteiger partial charge in [0, 0.05) is 37.9 Å². The number of benzene rings is 2. The molecule has 65 heavy (non-hydrogen) atoms. The summed E-state index contributed by atoms with van der Waals surface area (Å²) >= 11 is 0. The molecule has 0 radical (unpaired) electrons. The maximum Gasteiger partial charge on any atom is 0.433 e. The molecule has 4 aromatic rings. The van der Waals surface area contributed by atoms with Crippen LogP contribution in [0.15, 0.2) is 60.9 Å². The first-order valence-electron chi connectivity index (χ1n) is 21.8. The highest BCUT2D eigenvalue weighted by Crippen LogP contribution is 2.34. The van der Waals surface area contributed by atoms with E-state index in [2.05, 4.69) is 54.5 Å². The molecule has 2 saturated heterocycles. The second-order valence-corrected chi connectivity index (χ2v) is 18.0. The van der Waals surface area contributed by atoms with E-state index in [1.54, 1.807) is 11.8 Å². The molecule has 2 aromatic heterocycles. The highest BCUT2D eigenvalue weighted by Gasteiger charge is 2.38. The van der Waals surface area contributed by atoms with Crippen molar-refractivity contribution >= 4 is 24.5 Å². The van der Waals surface area contributed by atoms with Crippen LogP contribution in [0.25, 0.3) is 0 Å². The van der Waals surface area contributed by atoms with E-state index >= 15 is 0 Å². The van der Waals surface area contributed by atoms with Gasteiger partial charge in [-0.2, -0.15) is 42.5 Å². The fraction of sp³-hybridized carbons (Fsp3) is 0.542. The van der Waals surface area contributed by atoms with Gasteiger partial charge in [-0.1, -0.05) is 62.4 Å². The summed E-state index contributed by atoms with van der Waals surface area (Å²) in [6.07, 6.45) is 3.86. The van der Waals surface area contributed by atoms with Crippen molar-refractivity contribution in [2.75, 3.05) is 26.2 Å². The maximum absolute atomic E-state index is 13.5. The highest BCUT2D eigenvalue weighted by molar-refractivity contribution is 5.68. The van der Waals surface area contributed by atoms with Crippen LogP contribution in [0.3, 0.4) is 0 Å². The Hall–Kier alpha value is -6.05. The average Bonchev–Trinajstić information content (AvgIpc) is 3.82. The third kappa shape index (κ3) is 17.1. The van der Waals surface area contributed by atoms with Crippen LogP contribution in [0.5, 0.6) is 0 Å². The van der Waals surface area contributed by atoms with E-state index < -0.39 is 23.1 Å². The van der Waals surface area contributed by atoms with Crippen molar-refractivity contribution in [3.63, 3.8) is 0 Å². The van der Waals surface area contributed by atoms with Crippen LogP contribution in [0, 0.1) is 6.92 Å². The molecule has 2 aromatic carbocycles. The van der Waals surface area contributed by atoms with Crippen molar-refractivity contribution < 1.29 is 51.4 Å². The number of amides is 2. The molecule has 2 fully saturated rings. The standard InChI is InChI=1S/C23H30F3N3O2.C23H33N3O2.2CO2/c1-5-17-14-27-29(20(17)23(24,25)26)15-16-7-6-8-19(13-16)18-9-11-28(12-10-18)21(30)31-22(2,3)4;1-6-19-16-26(24-17(19)2)15-18-8-7-9-21(14-18)20-10-12-25(13-11-20)22(27)28-23(3,4)5;2*2-1-3/h6-8,13-14,18H,5,9-12,15H2,1-4H3;7-9,14,16,20H,6,10-13,15H2,1-5H3;;. The largest absolute Gasteiger partial charge is 0.444 e. The lowest BCUT2D eigenvalue weighted by Crippen LogP contribution is -2.41. The number of nitrogens with zero attached hydrogens (tertiary/aromatic N) is 6. The Morgan fingerprint density at radius 2 is 1.11 bits per heavy atom. The zero-order valence-electron chi connectivity index (χ0n) is 39.0. The molecule has 354 valence electrons. The molecule has 0 bridgehead atoms. The molecule has 2 amide bonds. The summed E-state index contributed by atoms with van der Waals surface area (Å²) in [4.78, 5) is 60.6. The number of ether oxygens (including phenoxy) is 2. The van der Waals surface area contributed by atoms with E-state index in [9.17, 15) is 22.8 Å². The number of alkyl halides is 3. The van der Waals surface area contributed by atoms with Gasteiger partial charge in [-0.25, -0.2) is 9.59 Å². The minimum atomic E-state index is -4.44. The van der Waals surface area contributed by atoms with Gasteiger partial charge in [-0.05, 0) is 127 Å². The van der Waals surface area contributed by atoms with E-state index in [4.69, 9.17) is 28.7 Å². The Morgan fingerprint density at radius 3 is 1.48 bits per heavy atom. The average molecular weight is 909 g/mol. The van der Waals surface area contributed by atoms with Crippen molar-refractivity contribution in [3.05, 3.63) is 106 Å². The fourth-order valence-corrected chi connectivity index (χ4v) is 7.81. The SMILES string of the molecule is CCc1cn(Cc2cccc(C3CCN(C(=O)OC(C)(C)C)CC3)c2)nc1C.CCc1cnn(Cc2cccc(C3CCN(C(=O)OC(C)(C)C)CC3)c2)c1C(F)(F)F.O=C=O.O=C=O. The molecular formula is C48H63F3N6O8. The van der Waals surface area contributed by atoms with E-state index in [1.165, 1.54) is 22.9 Å². The Labute approximate surface area is 379 Å². The van der Waals surface area contributed by atoms with Crippen molar-refractivity contribution in [2.24, 2.45) is 0 Å². The third-order valence-corrected chi connectivity index (χ3v) is 10.8. The zero-order chi connectivity index (χ0) is 48.5. The second-order valence-electron chi connectivity index (χ2n) is 18.0. The van der Waals surface area contributed by atoms with Crippen LogP contribution in [0.4, 0.5) is 22.8 Å². The molecule has 6 rings (SSSR count). The summed E-state index contributed by atoms with van der Waals surface area (Å²) in [5, 5.41) is 8.62. The number of halogens is 3. The van der Waals surface area contributed by atoms with Gasteiger partial charge in [0.1, 0.15) is 16.9 Å². The van der Waals surface area contributed by atoms with Crippen LogP contribution >= 0.6 is 0 Å². The summed E-state index contributed by atoms with van der Waals surface area (Å²) < 4.78 is 54.5. The minimum Gasteiger partial charge on any atom is -0.444 e. The topological polar surface area (TPSA) is 163 Å². The first-order chi connectivity index (χ1) is 30.6. The molecule has 0 unspecified atom stereocenters. The molecule has 0 spiro atoms. The molecule has 0 saturated carbocycles. The molecule has 0 atom stereocenters. The number of hydrogen-bond donors (Lipinski definition) is 0. The number of hydrogen-bond acceptors (Lipinski definition) is 10. The normalized spacial score (nSPS) is 14.6. The lowest BCUT2D eigenvalue weighted by atomic mass is 9.88. The van der Waals surface area contributed by atoms with Crippen molar-refractivity contribution in [1.29, 1.82) is 0 Å². The lowest BCUT2D eigenvalue weighted by molar-refractivity contribution is -0.193. The molecular weight excluding hydrogens is 846 g/mol. The first kappa shape index (κ1) is 53.3. The summed E-state index contributed by atoms with van der Waals surface area (Å²) in [6.45, 7) is 20.8. The van der Waals surface area contributed by atoms with Crippen LogP contribution in [0.2, 0.25) is 0 Å². The molecule has 14 nitrogen and oxygen atoms in total. The van der Waals surface area contributed by atoms with Crippen LogP contribution in [-0.2, 0) is 60.8 Å². The highest BCUT2D eigenvalue weighted by atomic mass is 19.4. The van der Waals surface area contributed by atoms with E-state index in [0.29, 0.717) is 19.0 Å². The number of likely N-dealkylation sites (tertiary alicyclic amines) is 2. The quantitative estimate of drug-likeness (QED) is 0.166. The Bertz CT molecular complexity index is 2200. The van der Waals surface area contributed by atoms with Gasteiger partial charge in [-0.3, -0.25) is 9.36 Å². The predicted molar refractivity (Wildman–Crippen MR) is 234 cm³/mol. The molecule has 0 aliphatic carbocycles. The van der Waals surface area contributed by atoms with Crippen molar-refractivity contribution in [2.45, 2.75) is 143 Å². The van der Waals surface area contributed by atoms with Gasteiger partial charge in [0.05, 0.1) is 25.0 Å². The number of carbonyl (C=O) groups is 2. The summed E-state index contributed by atoms with van der Waals surface area (Å²) in [5.74, 6) is 0.744. The van der Waals surface area contributed by atoms with Crippen molar-refractivity contribution in [1.82, 2.24) is 29.4 Å². The number of aryl methyl sites for hydroxylation is 3. The Kier molecular flexibility index (Phi) is 19.9. The Morgan fingerprint density at radius 1 is 0.692 bits per heavy atom. The van der Waals surface area contributed by atoms with Gasteiger partial charge in [-0.15, -0.1) is 0 Å². The number of aromatic nitrogens is 4. The molecule has 17 heteroatoms. The molecule has 4 heterocycles. The first-order valence-corrected chi connectivity index (χ1v) is 21.8. The summed E-state index contributed by atoms with van der Waals surface area (Å²) in [7, 11) is 0. The number of piperidine rings is 2. The number of rotatable bonds is 8. The van der Waals surface area contributed by atoms with Crippen LogP contribution in [-0.4, -0.2) is 91.2 Å². The van der Waals surface area contributed by atoms with E-state index in [0.717, 1.165) is 73.2 Å². The van der Waals surface area contributed by atoms with Gasteiger partial charge < -0.3 is 19.3 Å². The monoisotopic (exact) mass is 908 g/mol. The molecule has 2 aliphatic heterocycles. The van der Waals surface area contributed by atoms with Gasteiger partial charge in [0.2, 0.25) is 0 Å². The Balaban J connectivity index is 0.000000309. The van der Waals surface area contributed by atoms with Gasteiger partial charge in [0.15, 0.2) is 0 Å². The number of carbonyl (C=O) groups excluding carboxylic acids is 6. The van der Waals surface area contributed by atoms with E-state index in [1.807, 2.05) is 75.4 Å². The fourth-order valence-electron chi connectivity index (χ4n) is 7.81. The van der Waals surface area contributed by atoms with Crippen LogP contribution < -0.4 is 0 Å². The zero-order valence-corrected chi connectivity index (χ0v) is 39.0. The smallest absolute Gasteiger partial charge is 0.433 e.